The molecule has 76 valence electrons. The lowest BCUT2D eigenvalue weighted by atomic mass is 10.2. The summed E-state index contributed by atoms with van der Waals surface area (Å²) in [6.45, 7) is 8.43. The van der Waals surface area contributed by atoms with Crippen LogP contribution < -0.4 is 0 Å². The molecule has 0 aliphatic heterocycles. The summed E-state index contributed by atoms with van der Waals surface area (Å²) in [6, 6.07) is 0. The van der Waals surface area contributed by atoms with E-state index in [-0.39, 0.29) is 0 Å². The second-order valence-corrected chi connectivity index (χ2v) is 3.66. The molecular formula is C10H17Cl2N. The Labute approximate surface area is 91.0 Å². The lowest BCUT2D eigenvalue weighted by Crippen LogP contribution is -2.29. The van der Waals surface area contributed by atoms with Crippen LogP contribution in [0.4, 0.5) is 0 Å². The molecule has 0 radical (unpaired) electrons. The summed E-state index contributed by atoms with van der Waals surface area (Å²) in [4.78, 5) is 2.23. The Hall–Kier alpha value is 0.0200. The molecule has 0 saturated carbocycles. The fourth-order valence-electron chi connectivity index (χ4n) is 1.12. The van der Waals surface area contributed by atoms with Crippen LogP contribution in [0.5, 0.6) is 0 Å². The van der Waals surface area contributed by atoms with Gasteiger partial charge in [0.25, 0.3) is 0 Å². The Bertz CT molecular complexity index is 160. The smallest absolute Gasteiger partial charge is 0.0351 e. The molecular weight excluding hydrogens is 205 g/mol. The highest BCUT2D eigenvalue weighted by atomic mass is 35.5. The monoisotopic (exact) mass is 221 g/mol. The Balaban J connectivity index is 3.92. The van der Waals surface area contributed by atoms with Gasteiger partial charge in [-0.05, 0) is 6.92 Å². The lowest BCUT2D eigenvalue weighted by molar-refractivity contribution is 0.334. The van der Waals surface area contributed by atoms with Gasteiger partial charge in [-0.15, -0.1) is 23.2 Å². The molecule has 0 aliphatic carbocycles. The molecule has 1 nitrogen and oxygen atoms in total. The number of rotatable bonds is 7. The molecule has 0 spiro atoms. The number of hydrogen-bond acceptors (Lipinski definition) is 1. The van der Waals surface area contributed by atoms with E-state index in [0.29, 0.717) is 11.8 Å². The first-order valence-electron chi connectivity index (χ1n) is 4.37. The molecule has 0 aromatic carbocycles. The largest absolute Gasteiger partial charge is 0.297 e. The highest BCUT2D eigenvalue weighted by Crippen LogP contribution is 2.00. The Kier molecular flexibility index (Phi) is 8.62. The molecule has 0 atom stereocenters. The topological polar surface area (TPSA) is 3.24 Å². The fourth-order valence-corrected chi connectivity index (χ4v) is 1.59. The molecule has 13 heavy (non-hydrogen) atoms. The summed E-state index contributed by atoms with van der Waals surface area (Å²) in [5.74, 6) is 1.30. The van der Waals surface area contributed by atoms with Gasteiger partial charge in [-0.25, -0.2) is 0 Å². The van der Waals surface area contributed by atoms with Crippen LogP contribution in [0.15, 0.2) is 24.3 Å². The molecule has 0 amide bonds. The standard InChI is InChI=1S/C10H17Cl2N/c1-3-4-10(2)9-13(7-5-11)8-6-12/h3-4H,1,5-9H2,2H3. The van der Waals surface area contributed by atoms with Crippen LogP contribution in [0, 0.1) is 0 Å². The van der Waals surface area contributed by atoms with E-state index in [2.05, 4.69) is 18.4 Å². The predicted molar refractivity (Wildman–Crippen MR) is 61.8 cm³/mol. The maximum Gasteiger partial charge on any atom is 0.0351 e. The average molecular weight is 222 g/mol. The van der Waals surface area contributed by atoms with Gasteiger partial charge in [0.15, 0.2) is 0 Å². The zero-order valence-electron chi connectivity index (χ0n) is 8.10. The van der Waals surface area contributed by atoms with Crippen LogP contribution in [0.3, 0.4) is 0 Å². The van der Waals surface area contributed by atoms with Gasteiger partial charge in [-0.1, -0.05) is 24.3 Å². The molecule has 3 heteroatoms. The van der Waals surface area contributed by atoms with Crippen LogP contribution >= 0.6 is 23.2 Å². The van der Waals surface area contributed by atoms with Crippen molar-refractivity contribution in [2.75, 3.05) is 31.4 Å². The van der Waals surface area contributed by atoms with E-state index in [0.717, 1.165) is 19.6 Å². The van der Waals surface area contributed by atoms with Crippen molar-refractivity contribution in [2.45, 2.75) is 6.92 Å². The van der Waals surface area contributed by atoms with Crippen molar-refractivity contribution >= 4 is 23.2 Å². The minimum Gasteiger partial charge on any atom is -0.297 e. The van der Waals surface area contributed by atoms with Crippen molar-refractivity contribution in [3.8, 4) is 0 Å². The van der Waals surface area contributed by atoms with E-state index in [1.165, 1.54) is 5.57 Å². The highest BCUT2D eigenvalue weighted by molar-refractivity contribution is 6.18. The van der Waals surface area contributed by atoms with E-state index < -0.39 is 0 Å². The van der Waals surface area contributed by atoms with Gasteiger partial charge in [0.1, 0.15) is 0 Å². The quantitative estimate of drug-likeness (QED) is 0.473. The first-order chi connectivity index (χ1) is 6.24. The minimum atomic E-state index is 0.651. The van der Waals surface area contributed by atoms with Crippen molar-refractivity contribution in [1.29, 1.82) is 0 Å². The second-order valence-electron chi connectivity index (χ2n) is 2.90. The Morgan fingerprint density at radius 1 is 1.31 bits per heavy atom. The Morgan fingerprint density at radius 3 is 2.23 bits per heavy atom. The summed E-state index contributed by atoms with van der Waals surface area (Å²) in [6.07, 6.45) is 3.81. The third kappa shape index (κ3) is 7.12. The summed E-state index contributed by atoms with van der Waals surface area (Å²) in [7, 11) is 0. The third-order valence-electron chi connectivity index (χ3n) is 1.68. The van der Waals surface area contributed by atoms with Gasteiger partial charge in [-0.2, -0.15) is 0 Å². The average Bonchev–Trinajstić information content (AvgIpc) is 2.05. The summed E-state index contributed by atoms with van der Waals surface area (Å²) >= 11 is 11.3. The first kappa shape index (κ1) is 13.0. The van der Waals surface area contributed by atoms with E-state index in [4.69, 9.17) is 23.2 Å². The SMILES string of the molecule is C=CC=C(C)CN(CCCl)CCCl. The van der Waals surface area contributed by atoms with Crippen molar-refractivity contribution in [3.63, 3.8) is 0 Å². The van der Waals surface area contributed by atoms with E-state index in [1.54, 1.807) is 6.08 Å². The van der Waals surface area contributed by atoms with Crippen LogP contribution in [-0.4, -0.2) is 36.3 Å². The van der Waals surface area contributed by atoms with Gasteiger partial charge in [0.2, 0.25) is 0 Å². The normalized spacial score (nSPS) is 12.2. The summed E-state index contributed by atoms with van der Waals surface area (Å²) in [5.41, 5.74) is 1.28. The number of nitrogens with zero attached hydrogens (tertiary/aromatic N) is 1. The third-order valence-corrected chi connectivity index (χ3v) is 2.01. The van der Waals surface area contributed by atoms with E-state index >= 15 is 0 Å². The van der Waals surface area contributed by atoms with E-state index in [9.17, 15) is 0 Å². The molecule has 0 aromatic heterocycles. The molecule has 0 heterocycles. The number of halogens is 2. The molecule has 0 fully saturated rings. The Morgan fingerprint density at radius 2 is 1.85 bits per heavy atom. The zero-order chi connectivity index (χ0) is 10.1. The van der Waals surface area contributed by atoms with Crippen LogP contribution in [0.2, 0.25) is 0 Å². The van der Waals surface area contributed by atoms with Crippen molar-refractivity contribution in [3.05, 3.63) is 24.3 Å². The number of hydrogen-bond donors (Lipinski definition) is 0. The molecule has 0 unspecified atom stereocenters. The molecule has 0 N–H and O–H groups in total. The van der Waals surface area contributed by atoms with Crippen LogP contribution in [-0.2, 0) is 0 Å². The van der Waals surface area contributed by atoms with Gasteiger partial charge in [0.05, 0.1) is 0 Å². The maximum atomic E-state index is 5.67. The summed E-state index contributed by atoms with van der Waals surface area (Å²) in [5, 5.41) is 0. The van der Waals surface area contributed by atoms with Crippen LogP contribution in [0.25, 0.3) is 0 Å². The number of alkyl halides is 2. The maximum absolute atomic E-state index is 5.67. The summed E-state index contributed by atoms with van der Waals surface area (Å²) < 4.78 is 0. The van der Waals surface area contributed by atoms with Gasteiger partial charge in [-0.3, -0.25) is 4.90 Å². The predicted octanol–water partition coefficient (Wildman–Crippen LogP) is 2.90. The van der Waals surface area contributed by atoms with Gasteiger partial charge < -0.3 is 0 Å². The minimum absolute atomic E-state index is 0.651. The molecule has 0 bridgehead atoms. The van der Waals surface area contributed by atoms with Crippen molar-refractivity contribution in [2.24, 2.45) is 0 Å². The van der Waals surface area contributed by atoms with Crippen molar-refractivity contribution < 1.29 is 0 Å². The molecule has 0 aliphatic rings. The van der Waals surface area contributed by atoms with Crippen molar-refractivity contribution in [1.82, 2.24) is 4.90 Å². The van der Waals surface area contributed by atoms with Gasteiger partial charge >= 0.3 is 0 Å². The van der Waals surface area contributed by atoms with Crippen LogP contribution in [0.1, 0.15) is 6.92 Å². The fraction of sp³-hybridized carbons (Fsp3) is 0.600. The zero-order valence-corrected chi connectivity index (χ0v) is 9.61. The van der Waals surface area contributed by atoms with E-state index in [1.807, 2.05) is 6.08 Å². The molecule has 0 rings (SSSR count). The highest BCUT2D eigenvalue weighted by Gasteiger charge is 2.02. The lowest BCUT2D eigenvalue weighted by Gasteiger charge is -2.19. The second kappa shape index (κ2) is 8.61. The molecule has 0 aromatic rings. The van der Waals surface area contributed by atoms with Gasteiger partial charge in [0, 0.05) is 31.4 Å². The first-order valence-corrected chi connectivity index (χ1v) is 5.44. The number of allylic oxidation sites excluding steroid dienone is 2. The molecule has 0 saturated heterocycles.